The molecule has 0 spiro atoms. The van der Waals surface area contributed by atoms with Crippen molar-refractivity contribution in [1.82, 2.24) is 20.2 Å². The summed E-state index contributed by atoms with van der Waals surface area (Å²) in [6.45, 7) is 2.78. The highest BCUT2D eigenvalue weighted by Gasteiger charge is 2.42. The van der Waals surface area contributed by atoms with Crippen LogP contribution in [0.15, 0.2) is 0 Å². The predicted molar refractivity (Wildman–Crippen MR) is 66.2 cm³/mol. The van der Waals surface area contributed by atoms with Crippen molar-refractivity contribution in [2.24, 2.45) is 11.3 Å². The van der Waals surface area contributed by atoms with Crippen LogP contribution in [0.5, 0.6) is 0 Å². The van der Waals surface area contributed by atoms with Crippen LogP contribution in [0, 0.1) is 11.3 Å². The van der Waals surface area contributed by atoms with Crippen molar-refractivity contribution < 1.29 is 14.6 Å². The molecule has 7 nitrogen and oxygen atoms in total. The van der Waals surface area contributed by atoms with Crippen molar-refractivity contribution in [2.45, 2.75) is 45.8 Å². The van der Waals surface area contributed by atoms with Crippen LogP contribution in [-0.2, 0) is 22.7 Å². The van der Waals surface area contributed by atoms with Crippen LogP contribution in [0.1, 0.15) is 38.4 Å². The number of rotatable bonds is 5. The monoisotopic (exact) mass is 268 g/mol. The van der Waals surface area contributed by atoms with E-state index in [0.29, 0.717) is 37.7 Å². The van der Waals surface area contributed by atoms with Gasteiger partial charge < -0.3 is 9.84 Å². The van der Waals surface area contributed by atoms with Gasteiger partial charge in [0.15, 0.2) is 5.82 Å². The third kappa shape index (κ3) is 2.91. The van der Waals surface area contributed by atoms with Crippen molar-refractivity contribution in [3.05, 3.63) is 5.82 Å². The fraction of sp³-hybridized carbons (Fsp3) is 0.833. The number of aromatic nitrogens is 4. The third-order valence-electron chi connectivity index (χ3n) is 4.02. The maximum absolute atomic E-state index is 11.7. The Morgan fingerprint density at radius 1 is 1.53 bits per heavy atom. The van der Waals surface area contributed by atoms with Crippen LogP contribution in [0.3, 0.4) is 0 Å². The van der Waals surface area contributed by atoms with E-state index in [1.165, 1.54) is 0 Å². The zero-order valence-electron chi connectivity index (χ0n) is 11.4. The van der Waals surface area contributed by atoms with Gasteiger partial charge in [-0.3, -0.25) is 4.79 Å². The molecule has 1 aromatic heterocycles. The van der Waals surface area contributed by atoms with Crippen LogP contribution in [0.2, 0.25) is 0 Å². The summed E-state index contributed by atoms with van der Waals surface area (Å²) in [5.74, 6) is 0.416. The summed E-state index contributed by atoms with van der Waals surface area (Å²) in [5.41, 5.74) is -0.746. The van der Waals surface area contributed by atoms with Crippen molar-refractivity contribution >= 4 is 5.97 Å². The Labute approximate surface area is 111 Å². The van der Waals surface area contributed by atoms with E-state index in [2.05, 4.69) is 22.4 Å². The topological polar surface area (TPSA) is 90.1 Å². The first kappa shape index (κ1) is 13.9. The minimum absolute atomic E-state index is 0.291. The quantitative estimate of drug-likeness (QED) is 0.860. The van der Waals surface area contributed by atoms with Gasteiger partial charge in [-0.1, -0.05) is 6.92 Å². The molecule has 1 saturated carbocycles. The summed E-state index contributed by atoms with van der Waals surface area (Å²) in [6.07, 6.45) is 3.23. The van der Waals surface area contributed by atoms with Gasteiger partial charge in [0.2, 0.25) is 0 Å². The number of carboxylic acids is 1. The highest BCUT2D eigenvalue weighted by molar-refractivity contribution is 5.74. The molecule has 2 rings (SSSR count). The molecule has 1 aliphatic rings. The van der Waals surface area contributed by atoms with Crippen molar-refractivity contribution in [3.8, 4) is 0 Å². The Bertz CT molecular complexity index is 438. The number of hydrogen-bond donors (Lipinski definition) is 1. The maximum atomic E-state index is 11.7. The number of carbonyl (C=O) groups is 1. The average Bonchev–Trinajstić information content (AvgIpc) is 2.80. The second kappa shape index (κ2) is 5.64. The fourth-order valence-electron chi connectivity index (χ4n) is 2.62. The summed E-state index contributed by atoms with van der Waals surface area (Å²) < 4.78 is 6.58. The second-order valence-electron chi connectivity index (χ2n) is 5.45. The molecule has 19 heavy (non-hydrogen) atoms. The SMILES string of the molecule is COCc1nnnn1CC1(C(=O)O)CCC(C)CC1. The van der Waals surface area contributed by atoms with Crippen LogP contribution < -0.4 is 0 Å². The third-order valence-corrected chi connectivity index (χ3v) is 4.02. The number of carboxylic acid groups (broad SMARTS) is 1. The predicted octanol–water partition coefficient (Wildman–Crippen LogP) is 1.10. The van der Waals surface area contributed by atoms with Gasteiger partial charge in [0.1, 0.15) is 6.61 Å². The molecular formula is C12H20N4O3. The zero-order chi connectivity index (χ0) is 13.9. The lowest BCUT2D eigenvalue weighted by molar-refractivity contribution is -0.153. The molecule has 0 saturated heterocycles. The van der Waals surface area contributed by atoms with Crippen LogP contribution in [0.25, 0.3) is 0 Å². The minimum atomic E-state index is -0.752. The van der Waals surface area contributed by atoms with Gasteiger partial charge in [0.25, 0.3) is 0 Å². The maximum Gasteiger partial charge on any atom is 0.311 e. The highest BCUT2D eigenvalue weighted by atomic mass is 16.5. The number of aliphatic carboxylic acids is 1. The minimum Gasteiger partial charge on any atom is -0.481 e. The Balaban J connectivity index is 2.17. The molecule has 0 aliphatic heterocycles. The largest absolute Gasteiger partial charge is 0.481 e. The Morgan fingerprint density at radius 3 is 2.79 bits per heavy atom. The molecular weight excluding hydrogens is 248 g/mol. The number of tetrazole rings is 1. The first-order valence-corrected chi connectivity index (χ1v) is 6.55. The fourth-order valence-corrected chi connectivity index (χ4v) is 2.62. The first-order valence-electron chi connectivity index (χ1n) is 6.55. The van der Waals surface area contributed by atoms with Gasteiger partial charge in [0.05, 0.1) is 12.0 Å². The molecule has 1 N–H and O–H groups in total. The van der Waals surface area contributed by atoms with Crippen molar-refractivity contribution in [2.75, 3.05) is 7.11 Å². The summed E-state index contributed by atoms with van der Waals surface area (Å²) in [5, 5.41) is 20.9. The number of hydrogen-bond acceptors (Lipinski definition) is 5. The van der Waals surface area contributed by atoms with Gasteiger partial charge in [-0.05, 0) is 42.0 Å². The summed E-state index contributed by atoms with van der Waals surface area (Å²) in [7, 11) is 1.56. The normalized spacial score (nSPS) is 27.4. The summed E-state index contributed by atoms with van der Waals surface area (Å²) in [4.78, 5) is 11.7. The molecule has 7 heteroatoms. The number of methoxy groups -OCH3 is 1. The molecule has 1 aliphatic carbocycles. The van der Waals surface area contributed by atoms with Gasteiger partial charge in [-0.2, -0.15) is 0 Å². The zero-order valence-corrected chi connectivity index (χ0v) is 11.4. The van der Waals surface area contributed by atoms with Gasteiger partial charge >= 0.3 is 5.97 Å². The lowest BCUT2D eigenvalue weighted by Gasteiger charge is -2.35. The van der Waals surface area contributed by atoms with E-state index in [1.807, 2.05) is 0 Å². The summed E-state index contributed by atoms with van der Waals surface area (Å²) in [6, 6.07) is 0. The molecule has 0 amide bonds. The van der Waals surface area contributed by atoms with Gasteiger partial charge in [-0.15, -0.1) is 5.10 Å². The smallest absolute Gasteiger partial charge is 0.311 e. The van der Waals surface area contributed by atoms with E-state index in [4.69, 9.17) is 4.74 Å². The first-order chi connectivity index (χ1) is 9.07. The molecule has 1 fully saturated rings. The Morgan fingerprint density at radius 2 is 2.21 bits per heavy atom. The molecule has 1 heterocycles. The van der Waals surface area contributed by atoms with E-state index in [9.17, 15) is 9.90 Å². The number of ether oxygens (including phenoxy) is 1. The van der Waals surface area contributed by atoms with Crippen LogP contribution in [-0.4, -0.2) is 38.4 Å². The highest BCUT2D eigenvalue weighted by Crippen LogP contribution is 2.40. The summed E-state index contributed by atoms with van der Waals surface area (Å²) >= 11 is 0. The molecule has 0 atom stereocenters. The van der Waals surface area contributed by atoms with E-state index in [1.54, 1.807) is 11.8 Å². The van der Waals surface area contributed by atoms with Gasteiger partial charge in [-0.25, -0.2) is 4.68 Å². The van der Waals surface area contributed by atoms with Gasteiger partial charge in [0, 0.05) is 7.11 Å². The Hall–Kier alpha value is -1.50. The van der Waals surface area contributed by atoms with Crippen molar-refractivity contribution in [1.29, 1.82) is 0 Å². The van der Waals surface area contributed by atoms with E-state index >= 15 is 0 Å². The lowest BCUT2D eigenvalue weighted by atomic mass is 9.71. The Kier molecular flexibility index (Phi) is 4.14. The van der Waals surface area contributed by atoms with Crippen LogP contribution in [0.4, 0.5) is 0 Å². The van der Waals surface area contributed by atoms with Crippen LogP contribution >= 0.6 is 0 Å². The molecule has 106 valence electrons. The molecule has 0 bridgehead atoms. The van der Waals surface area contributed by atoms with E-state index in [0.717, 1.165) is 12.8 Å². The lowest BCUT2D eigenvalue weighted by Crippen LogP contribution is -2.39. The van der Waals surface area contributed by atoms with E-state index in [-0.39, 0.29) is 0 Å². The molecule has 0 unspecified atom stereocenters. The standard InChI is InChI=1S/C12H20N4O3/c1-9-3-5-12(6-4-9,11(17)18)8-16-10(7-19-2)13-14-15-16/h9H,3-8H2,1-2H3,(H,17,18). The average molecular weight is 268 g/mol. The molecule has 1 aromatic rings. The molecule has 0 radical (unpaired) electrons. The number of nitrogens with zero attached hydrogens (tertiary/aromatic N) is 4. The molecule has 0 aromatic carbocycles. The van der Waals surface area contributed by atoms with E-state index < -0.39 is 11.4 Å². The van der Waals surface area contributed by atoms with Crippen molar-refractivity contribution in [3.63, 3.8) is 0 Å². The second-order valence-corrected chi connectivity index (χ2v) is 5.45.